The summed E-state index contributed by atoms with van der Waals surface area (Å²) in [7, 11) is 0. The number of imide groups is 1. The molecule has 3 fully saturated rings. The van der Waals surface area contributed by atoms with E-state index in [0.717, 1.165) is 21.7 Å². The van der Waals surface area contributed by atoms with E-state index >= 15 is 0 Å². The largest absolute Gasteiger partial charge is 0.426 e. The van der Waals surface area contributed by atoms with E-state index in [9.17, 15) is 19.2 Å². The zero-order chi connectivity index (χ0) is 30.7. The number of aryl methyl sites for hydroxylation is 3. The van der Waals surface area contributed by atoms with Gasteiger partial charge in [0.25, 0.3) is 0 Å². The van der Waals surface area contributed by atoms with Crippen LogP contribution in [0.4, 0.5) is 11.4 Å². The maximum Gasteiger partial charge on any atom is 0.316 e. The van der Waals surface area contributed by atoms with Gasteiger partial charge in [0, 0.05) is 18.7 Å². The quantitative estimate of drug-likeness (QED) is 0.158. The fourth-order valence-electron chi connectivity index (χ4n) is 6.69. The molecule has 0 unspecified atom stereocenters. The second kappa shape index (κ2) is 9.75. The number of nitrogens with zero attached hydrogens (tertiary/aromatic N) is 2. The zero-order valence-corrected chi connectivity index (χ0v) is 26.8. The summed E-state index contributed by atoms with van der Waals surface area (Å²) in [6.07, 6.45) is 0.0192. The van der Waals surface area contributed by atoms with Gasteiger partial charge in [-0.3, -0.25) is 19.2 Å². The third kappa shape index (κ3) is 3.67. The molecule has 13 heteroatoms. The molecule has 1 saturated carbocycles. The second-order valence-electron chi connectivity index (χ2n) is 11.1. The molecule has 0 N–H and O–H groups in total. The summed E-state index contributed by atoms with van der Waals surface area (Å²) in [6.45, 7) is 5.68. The van der Waals surface area contributed by atoms with Crippen LogP contribution in [0.25, 0.3) is 0 Å². The van der Waals surface area contributed by atoms with Gasteiger partial charge in [-0.25, -0.2) is 4.90 Å². The van der Waals surface area contributed by atoms with Gasteiger partial charge >= 0.3 is 5.97 Å². The van der Waals surface area contributed by atoms with Gasteiger partial charge in [0.15, 0.2) is 4.33 Å². The normalized spacial score (nSPS) is 31.5. The molecule has 0 spiro atoms. The van der Waals surface area contributed by atoms with Gasteiger partial charge in [-0.05, 0) is 55.7 Å². The molecule has 2 heterocycles. The number of esters is 1. The number of halogens is 6. The highest BCUT2D eigenvalue weighted by atomic mass is 35.5. The van der Waals surface area contributed by atoms with Gasteiger partial charge in [-0.15, -0.1) is 23.2 Å². The molecular formula is C29H22Cl6N2O5. The van der Waals surface area contributed by atoms with Crippen LogP contribution < -0.4 is 14.5 Å². The minimum Gasteiger partial charge on any atom is -0.426 e. The molecule has 42 heavy (non-hydrogen) atoms. The maximum atomic E-state index is 13.7. The highest BCUT2D eigenvalue weighted by molar-refractivity contribution is 6.67. The van der Waals surface area contributed by atoms with Gasteiger partial charge in [0.2, 0.25) is 17.7 Å². The minimum atomic E-state index is -2.02. The van der Waals surface area contributed by atoms with E-state index in [1.807, 2.05) is 32.0 Å². The zero-order valence-electron chi connectivity index (χ0n) is 22.3. The number of amides is 3. The number of carbonyl (C=O) groups is 4. The lowest BCUT2D eigenvalue weighted by molar-refractivity contribution is -0.139. The molecule has 6 rings (SSSR count). The molecule has 2 saturated heterocycles. The Kier molecular flexibility index (Phi) is 6.97. The number of benzene rings is 2. The van der Waals surface area contributed by atoms with E-state index in [0.29, 0.717) is 5.56 Å². The summed E-state index contributed by atoms with van der Waals surface area (Å²) in [6, 6.07) is 10.2. The number of carbonyl (C=O) groups excluding carboxylic acids is 4. The van der Waals surface area contributed by atoms with Crippen LogP contribution in [0.2, 0.25) is 0 Å². The highest BCUT2D eigenvalue weighted by Crippen LogP contribution is 2.77. The predicted molar refractivity (Wildman–Crippen MR) is 163 cm³/mol. The number of fused-ring (bicyclic) bond motifs is 5. The first-order chi connectivity index (χ1) is 19.6. The van der Waals surface area contributed by atoms with Crippen molar-refractivity contribution in [2.24, 2.45) is 17.8 Å². The smallest absolute Gasteiger partial charge is 0.316 e. The summed E-state index contributed by atoms with van der Waals surface area (Å²) in [4.78, 5) is 52.0. The Morgan fingerprint density at radius 3 is 1.93 bits per heavy atom. The fraction of sp³-hybridized carbons (Fsp3) is 0.379. The third-order valence-electron chi connectivity index (χ3n) is 8.70. The van der Waals surface area contributed by atoms with Crippen molar-refractivity contribution in [3.05, 3.63) is 63.2 Å². The van der Waals surface area contributed by atoms with Gasteiger partial charge in [0.1, 0.15) is 15.5 Å². The van der Waals surface area contributed by atoms with Crippen LogP contribution in [-0.2, 0) is 19.2 Å². The molecule has 0 radical (unpaired) electrons. The first kappa shape index (κ1) is 30.0. The molecule has 2 aliphatic heterocycles. The molecule has 2 aromatic carbocycles. The highest BCUT2D eigenvalue weighted by Gasteiger charge is 2.87. The topological polar surface area (TPSA) is 84.0 Å². The third-order valence-corrected chi connectivity index (χ3v) is 13.0. The summed E-state index contributed by atoms with van der Waals surface area (Å²) >= 11 is 39.4. The standard InChI is InChI=1S/C29H22Cl6N2O5/c1-12-5-4-6-13(2)21(12)36-11-15(10-18(36)38)26(41)42-16-7-8-17(14(3)9-16)37-24(39)19-20(25(37)40)28(33)23(31)22(30)27(19,32)29(28,34)35/h4-9,15,19-20H,10-11H2,1-3H3/t15-,19-,20+,27+,28+/m0/s1. The monoisotopic (exact) mass is 688 g/mol. The SMILES string of the molecule is Cc1cc(OC(=O)[C@H]2CC(=O)N(c3c(C)cccc3C)C2)ccc1N1C(=O)[C@@H]2[C@H](C1=O)[C@@]1(Cl)C(Cl)=C(Cl)[C@@]2(Cl)C1(Cl)Cl. The number of hydrogen-bond donors (Lipinski definition) is 0. The molecular weight excluding hydrogens is 669 g/mol. The molecule has 2 aromatic rings. The second-order valence-corrected chi connectivity index (χ2v) is 14.4. The van der Waals surface area contributed by atoms with Crippen LogP contribution >= 0.6 is 69.6 Å². The maximum absolute atomic E-state index is 13.7. The fourth-order valence-corrected chi connectivity index (χ4v) is 9.62. The van der Waals surface area contributed by atoms with Crippen molar-refractivity contribution in [1.29, 1.82) is 0 Å². The molecule has 0 aromatic heterocycles. The number of rotatable bonds is 4. The lowest BCUT2D eigenvalue weighted by Crippen LogP contribution is -2.50. The van der Waals surface area contributed by atoms with E-state index in [1.165, 1.54) is 18.2 Å². The van der Waals surface area contributed by atoms with Gasteiger partial charge in [0.05, 0.1) is 33.5 Å². The van der Waals surface area contributed by atoms with Crippen LogP contribution in [0.15, 0.2) is 46.5 Å². The lowest BCUT2D eigenvalue weighted by Gasteiger charge is -2.34. The Morgan fingerprint density at radius 2 is 1.40 bits per heavy atom. The van der Waals surface area contributed by atoms with Crippen LogP contribution in [0, 0.1) is 38.5 Å². The van der Waals surface area contributed by atoms with Crippen LogP contribution in [0.3, 0.4) is 0 Å². The number of anilines is 2. The molecule has 7 nitrogen and oxygen atoms in total. The summed E-state index contributed by atoms with van der Waals surface area (Å²) in [5, 5.41) is -0.341. The first-order valence-corrected chi connectivity index (χ1v) is 15.2. The number of hydrogen-bond acceptors (Lipinski definition) is 5. The van der Waals surface area contributed by atoms with E-state index in [-0.39, 0.29) is 40.4 Å². The van der Waals surface area contributed by atoms with Crippen molar-refractivity contribution in [2.75, 3.05) is 16.3 Å². The van der Waals surface area contributed by atoms with E-state index in [1.54, 1.807) is 11.8 Å². The van der Waals surface area contributed by atoms with Gasteiger partial charge in [-0.2, -0.15) is 0 Å². The van der Waals surface area contributed by atoms with Crippen LogP contribution in [-0.4, -0.2) is 44.3 Å². The molecule has 4 aliphatic rings. The lowest BCUT2D eigenvalue weighted by atomic mass is 9.84. The Hall–Kier alpha value is -2.00. The number of ether oxygens (including phenoxy) is 1. The predicted octanol–water partition coefficient (Wildman–Crippen LogP) is 6.52. The number of allylic oxidation sites excluding steroid dienone is 2. The van der Waals surface area contributed by atoms with Crippen molar-refractivity contribution in [1.82, 2.24) is 0 Å². The minimum absolute atomic E-state index is 0.0192. The number of para-hydroxylation sites is 1. The molecule has 2 bridgehead atoms. The first-order valence-electron chi connectivity index (χ1n) is 13.0. The van der Waals surface area contributed by atoms with Crippen LogP contribution in [0.1, 0.15) is 23.1 Å². The average molecular weight is 691 g/mol. The molecule has 3 amide bonds. The summed E-state index contributed by atoms with van der Waals surface area (Å²) in [5.41, 5.74) is 3.37. The molecule has 2 aliphatic carbocycles. The molecule has 5 atom stereocenters. The average Bonchev–Trinajstić information content (AvgIpc) is 3.50. The van der Waals surface area contributed by atoms with Crippen LogP contribution in [0.5, 0.6) is 5.75 Å². The van der Waals surface area contributed by atoms with Gasteiger partial charge < -0.3 is 9.64 Å². The summed E-state index contributed by atoms with van der Waals surface area (Å²) < 4.78 is 3.60. The Balaban J connectivity index is 1.22. The Morgan fingerprint density at radius 1 is 0.857 bits per heavy atom. The van der Waals surface area contributed by atoms with Crippen molar-refractivity contribution < 1.29 is 23.9 Å². The number of alkyl halides is 4. The van der Waals surface area contributed by atoms with E-state index < -0.39 is 49.6 Å². The molecule has 220 valence electrons. The van der Waals surface area contributed by atoms with E-state index in [4.69, 9.17) is 74.3 Å². The van der Waals surface area contributed by atoms with Crippen molar-refractivity contribution in [3.63, 3.8) is 0 Å². The van der Waals surface area contributed by atoms with E-state index in [2.05, 4.69) is 0 Å². The Labute approximate surface area is 271 Å². The van der Waals surface area contributed by atoms with Crippen molar-refractivity contribution in [2.45, 2.75) is 41.3 Å². The van der Waals surface area contributed by atoms with Gasteiger partial charge in [-0.1, -0.05) is 64.6 Å². The van der Waals surface area contributed by atoms with Crippen molar-refractivity contribution >= 4 is 105 Å². The Bertz CT molecular complexity index is 1590. The summed E-state index contributed by atoms with van der Waals surface area (Å²) in [5.74, 6) is -5.08. The van der Waals surface area contributed by atoms with Crippen molar-refractivity contribution in [3.8, 4) is 5.75 Å².